The fourth-order valence-electron chi connectivity index (χ4n) is 5.90. The molecule has 216 valence electrons. The van der Waals surface area contributed by atoms with E-state index < -0.39 is 0 Å². The smallest absolute Gasteiger partial charge is 0.173 e. The molecule has 0 unspecified atom stereocenters. The van der Waals surface area contributed by atoms with Crippen LogP contribution in [0.2, 0.25) is 0 Å². The Hall–Kier alpha value is -5.67. The first-order valence-electron chi connectivity index (χ1n) is 15.5. The van der Waals surface area contributed by atoms with Crippen molar-refractivity contribution >= 4 is 0 Å². The number of pyridine rings is 3. The first kappa shape index (κ1) is 28.1. The molecular formula is C42H36N3+3. The summed E-state index contributed by atoms with van der Waals surface area (Å²) in [7, 11) is 0. The van der Waals surface area contributed by atoms with Crippen LogP contribution in [-0.2, 0) is 19.6 Å². The zero-order chi connectivity index (χ0) is 30.3. The van der Waals surface area contributed by atoms with Gasteiger partial charge < -0.3 is 0 Å². The van der Waals surface area contributed by atoms with Crippen molar-refractivity contribution in [2.75, 3.05) is 0 Å². The molecule has 3 aromatic heterocycles. The molecule has 3 heteroatoms. The van der Waals surface area contributed by atoms with E-state index in [2.05, 4.69) is 196 Å². The van der Waals surface area contributed by atoms with Crippen molar-refractivity contribution < 1.29 is 13.7 Å². The summed E-state index contributed by atoms with van der Waals surface area (Å²) in [6.45, 7) is 2.43. The third-order valence-corrected chi connectivity index (χ3v) is 8.20. The van der Waals surface area contributed by atoms with Crippen molar-refractivity contribution in [1.29, 1.82) is 0 Å². The van der Waals surface area contributed by atoms with Gasteiger partial charge in [0, 0.05) is 53.1 Å². The second-order valence-corrected chi connectivity index (χ2v) is 11.5. The quantitative estimate of drug-likeness (QED) is 0.155. The summed E-state index contributed by atoms with van der Waals surface area (Å²) in [4.78, 5) is 0. The topological polar surface area (TPSA) is 11.6 Å². The maximum absolute atomic E-state index is 2.35. The highest BCUT2D eigenvalue weighted by atomic mass is 14.9. The molecule has 0 aliphatic carbocycles. The lowest BCUT2D eigenvalue weighted by Crippen LogP contribution is -2.36. The van der Waals surface area contributed by atoms with Crippen LogP contribution >= 0.6 is 0 Å². The van der Waals surface area contributed by atoms with E-state index in [1.54, 1.807) is 0 Å². The molecule has 4 aromatic carbocycles. The summed E-state index contributed by atoms with van der Waals surface area (Å²) in [5.41, 5.74) is 11.3. The van der Waals surface area contributed by atoms with Crippen molar-refractivity contribution in [2.24, 2.45) is 0 Å². The van der Waals surface area contributed by atoms with Gasteiger partial charge in [-0.1, -0.05) is 91.0 Å². The van der Waals surface area contributed by atoms with Gasteiger partial charge in [0.2, 0.25) is 0 Å². The van der Waals surface area contributed by atoms with E-state index in [0.717, 1.165) is 19.6 Å². The van der Waals surface area contributed by atoms with E-state index >= 15 is 0 Å². The van der Waals surface area contributed by atoms with E-state index in [0.29, 0.717) is 0 Å². The van der Waals surface area contributed by atoms with Gasteiger partial charge in [-0.15, -0.1) is 0 Å². The highest BCUT2D eigenvalue weighted by molar-refractivity contribution is 5.63. The van der Waals surface area contributed by atoms with Crippen molar-refractivity contribution in [3.8, 4) is 33.4 Å². The van der Waals surface area contributed by atoms with Crippen LogP contribution < -0.4 is 13.7 Å². The number of nitrogens with zero attached hydrogens (tertiary/aromatic N) is 3. The van der Waals surface area contributed by atoms with E-state index in [1.807, 2.05) is 0 Å². The number of aromatic nitrogens is 3. The van der Waals surface area contributed by atoms with Crippen LogP contribution in [0.15, 0.2) is 183 Å². The van der Waals surface area contributed by atoms with Crippen LogP contribution in [0, 0.1) is 0 Å². The zero-order valence-corrected chi connectivity index (χ0v) is 25.3. The SMILES string of the molecule is c1ccc(-c2cc[n+](Cc3cc(C[n+]4ccc(-c5ccccc5)cc4)cc(C[n+]4ccc(-c5ccccc5)cc4)c3)cc2)cc1. The zero-order valence-electron chi connectivity index (χ0n) is 25.3. The van der Waals surface area contributed by atoms with E-state index in [4.69, 9.17) is 0 Å². The van der Waals surface area contributed by atoms with Crippen molar-refractivity contribution in [1.82, 2.24) is 0 Å². The van der Waals surface area contributed by atoms with Gasteiger partial charge in [-0.25, -0.2) is 13.7 Å². The summed E-state index contributed by atoms with van der Waals surface area (Å²) in [5, 5.41) is 0. The Labute approximate surface area is 265 Å². The normalized spacial score (nSPS) is 10.9. The van der Waals surface area contributed by atoms with Gasteiger partial charge >= 0.3 is 0 Å². The Kier molecular flexibility index (Phi) is 8.32. The first-order chi connectivity index (χ1) is 22.2. The fourth-order valence-corrected chi connectivity index (χ4v) is 5.90. The van der Waals surface area contributed by atoms with Gasteiger partial charge in [0.25, 0.3) is 0 Å². The number of hydrogen-bond donors (Lipinski definition) is 0. The van der Waals surface area contributed by atoms with Gasteiger partial charge in [-0.3, -0.25) is 0 Å². The third kappa shape index (κ3) is 7.11. The maximum atomic E-state index is 2.35. The van der Waals surface area contributed by atoms with Crippen LogP contribution in [0.1, 0.15) is 16.7 Å². The van der Waals surface area contributed by atoms with Gasteiger partial charge in [-0.2, -0.15) is 0 Å². The molecule has 45 heavy (non-hydrogen) atoms. The van der Waals surface area contributed by atoms with Gasteiger partial charge in [0.15, 0.2) is 56.8 Å². The lowest BCUT2D eigenvalue weighted by Gasteiger charge is -2.07. The van der Waals surface area contributed by atoms with Crippen LogP contribution in [0.5, 0.6) is 0 Å². The summed E-state index contributed by atoms with van der Waals surface area (Å²) >= 11 is 0. The highest BCUT2D eigenvalue weighted by Gasteiger charge is 2.13. The molecule has 0 aliphatic heterocycles. The Balaban J connectivity index is 1.15. The lowest BCUT2D eigenvalue weighted by atomic mass is 10.0. The Morgan fingerprint density at radius 3 is 0.733 bits per heavy atom. The fraction of sp³-hybridized carbons (Fsp3) is 0.0714. The molecule has 7 rings (SSSR count). The second-order valence-electron chi connectivity index (χ2n) is 11.5. The standard InChI is InChI=1S/C42H36N3/c1-4-10-37(11-5-1)40-16-22-43(23-17-40)31-34-28-35(32-44-24-18-41(19-25-44)38-12-6-2-7-13-38)30-36(29-34)33-45-26-20-42(21-27-45)39-14-8-3-9-15-39/h1-30H,31-33H2/q+3. The molecule has 0 spiro atoms. The molecule has 0 radical (unpaired) electrons. The predicted octanol–water partition coefficient (Wildman–Crippen LogP) is 7.70. The number of rotatable bonds is 9. The molecule has 0 aliphatic rings. The second kappa shape index (κ2) is 13.3. The lowest BCUT2D eigenvalue weighted by molar-refractivity contribution is -0.690. The molecule has 0 saturated carbocycles. The minimum absolute atomic E-state index is 0.811. The highest BCUT2D eigenvalue weighted by Crippen LogP contribution is 2.19. The molecule has 0 amide bonds. The minimum Gasteiger partial charge on any atom is -0.201 e. The minimum atomic E-state index is 0.811. The van der Waals surface area contributed by atoms with E-state index in [-0.39, 0.29) is 0 Å². The van der Waals surface area contributed by atoms with E-state index in [1.165, 1.54) is 50.1 Å². The molecule has 0 atom stereocenters. The molecule has 0 fully saturated rings. The van der Waals surface area contributed by atoms with Gasteiger partial charge in [0.1, 0.15) is 0 Å². The Bertz CT molecular complexity index is 1720. The number of benzene rings is 4. The third-order valence-electron chi connectivity index (χ3n) is 8.20. The summed E-state index contributed by atoms with van der Waals surface area (Å²) in [6, 6.07) is 51.9. The number of hydrogen-bond acceptors (Lipinski definition) is 0. The van der Waals surface area contributed by atoms with Crippen molar-refractivity contribution in [3.63, 3.8) is 0 Å². The molecule has 3 heterocycles. The maximum Gasteiger partial charge on any atom is 0.173 e. The Morgan fingerprint density at radius 1 is 0.267 bits per heavy atom. The molecular weight excluding hydrogens is 546 g/mol. The molecule has 7 aromatic rings. The summed E-state index contributed by atoms with van der Waals surface area (Å²) in [5.74, 6) is 0. The molecule has 3 nitrogen and oxygen atoms in total. The first-order valence-corrected chi connectivity index (χ1v) is 15.5. The summed E-state index contributed by atoms with van der Waals surface area (Å²) < 4.78 is 6.79. The average molecular weight is 583 g/mol. The van der Waals surface area contributed by atoms with E-state index in [9.17, 15) is 0 Å². The largest absolute Gasteiger partial charge is 0.201 e. The van der Waals surface area contributed by atoms with Crippen molar-refractivity contribution in [2.45, 2.75) is 19.6 Å². The average Bonchev–Trinajstić information content (AvgIpc) is 3.10. The van der Waals surface area contributed by atoms with Gasteiger partial charge in [0.05, 0.1) is 0 Å². The van der Waals surface area contributed by atoms with Crippen LogP contribution in [0.3, 0.4) is 0 Å². The predicted molar refractivity (Wildman–Crippen MR) is 180 cm³/mol. The van der Waals surface area contributed by atoms with Gasteiger partial charge in [-0.05, 0) is 51.6 Å². The molecule has 0 N–H and O–H groups in total. The summed E-state index contributed by atoms with van der Waals surface area (Å²) in [6.07, 6.45) is 13.1. The van der Waals surface area contributed by atoms with Crippen LogP contribution in [-0.4, -0.2) is 0 Å². The monoisotopic (exact) mass is 582 g/mol. The molecule has 0 saturated heterocycles. The van der Waals surface area contributed by atoms with Crippen LogP contribution in [0.25, 0.3) is 33.4 Å². The Morgan fingerprint density at radius 2 is 0.489 bits per heavy atom. The molecule has 0 bridgehead atoms. The van der Waals surface area contributed by atoms with Crippen LogP contribution in [0.4, 0.5) is 0 Å². The van der Waals surface area contributed by atoms with Crippen molar-refractivity contribution in [3.05, 3.63) is 199 Å².